The average molecular weight is 636 g/mol. The number of carbonyl (C=O) groups is 2. The predicted octanol–water partition coefficient (Wildman–Crippen LogP) is 6.39. The van der Waals surface area contributed by atoms with Gasteiger partial charge in [0.15, 0.2) is 11.6 Å². The highest BCUT2D eigenvalue weighted by atomic mass is 32.1. The van der Waals surface area contributed by atoms with E-state index >= 15 is 0 Å². The zero-order valence-electron chi connectivity index (χ0n) is 24.5. The molecule has 45 heavy (non-hydrogen) atoms. The van der Waals surface area contributed by atoms with Crippen LogP contribution in [0.1, 0.15) is 56.7 Å². The predicted molar refractivity (Wildman–Crippen MR) is 161 cm³/mol. The topological polar surface area (TPSA) is 133 Å². The Hall–Kier alpha value is -5.04. The summed E-state index contributed by atoms with van der Waals surface area (Å²) in [7, 11) is 0. The van der Waals surface area contributed by atoms with Crippen molar-refractivity contribution < 1.29 is 31.9 Å². The molecule has 5 rings (SSSR count). The fourth-order valence-electron chi connectivity index (χ4n) is 4.66. The number of hydrogen-bond acceptors (Lipinski definition) is 8. The van der Waals surface area contributed by atoms with Crippen LogP contribution in [0.15, 0.2) is 59.0 Å². The number of nitrogens with one attached hydrogen (secondary N) is 1. The van der Waals surface area contributed by atoms with E-state index in [1.165, 1.54) is 30.3 Å². The molecule has 0 saturated carbocycles. The molecule has 0 aliphatic heterocycles. The lowest BCUT2D eigenvalue weighted by molar-refractivity contribution is 0.0953. The van der Waals surface area contributed by atoms with E-state index in [-0.39, 0.29) is 41.3 Å². The summed E-state index contributed by atoms with van der Waals surface area (Å²) in [5, 5.41) is 10.8. The number of hydrogen-bond donors (Lipinski definition) is 2. The minimum Gasteiger partial charge on any atom is -0.487 e. The number of halogens is 3. The quantitative estimate of drug-likeness (QED) is 0.172. The van der Waals surface area contributed by atoms with Gasteiger partial charge in [-0.3, -0.25) is 14.6 Å². The van der Waals surface area contributed by atoms with Gasteiger partial charge in [0.2, 0.25) is 11.8 Å². The maximum Gasteiger partial charge on any atom is 0.261 e. The SMILES string of the molecule is Cc1nnc(-c2c(COc3ccc(F)cc3)nc(CC(C)C)c(C(N)=O)c2-c2ccc(C(=O)NCc3ccc(F)c(F)c3)s2)o1. The zero-order valence-corrected chi connectivity index (χ0v) is 25.3. The van der Waals surface area contributed by atoms with Crippen LogP contribution in [-0.4, -0.2) is 27.0 Å². The van der Waals surface area contributed by atoms with E-state index in [4.69, 9.17) is 19.9 Å². The molecule has 0 radical (unpaired) electrons. The first kappa shape index (κ1) is 31.4. The molecule has 2 amide bonds. The van der Waals surface area contributed by atoms with Crippen LogP contribution in [0.2, 0.25) is 0 Å². The van der Waals surface area contributed by atoms with Gasteiger partial charge in [-0.2, -0.15) is 0 Å². The highest BCUT2D eigenvalue weighted by Crippen LogP contribution is 2.41. The van der Waals surface area contributed by atoms with Gasteiger partial charge in [0, 0.05) is 23.9 Å². The fraction of sp³-hybridized carbons (Fsp3) is 0.219. The average Bonchev–Trinajstić information content (AvgIpc) is 3.66. The molecule has 0 bridgehead atoms. The zero-order chi connectivity index (χ0) is 32.2. The van der Waals surface area contributed by atoms with E-state index in [0.29, 0.717) is 45.1 Å². The van der Waals surface area contributed by atoms with Crippen molar-refractivity contribution in [2.24, 2.45) is 11.7 Å². The summed E-state index contributed by atoms with van der Waals surface area (Å²) >= 11 is 1.08. The maximum absolute atomic E-state index is 13.6. The summed E-state index contributed by atoms with van der Waals surface area (Å²) in [6, 6.07) is 12.1. The van der Waals surface area contributed by atoms with Gasteiger partial charge in [0.1, 0.15) is 18.2 Å². The smallest absolute Gasteiger partial charge is 0.261 e. The van der Waals surface area contributed by atoms with Crippen molar-refractivity contribution in [1.82, 2.24) is 20.5 Å². The van der Waals surface area contributed by atoms with E-state index in [1.54, 1.807) is 19.1 Å². The largest absolute Gasteiger partial charge is 0.487 e. The van der Waals surface area contributed by atoms with Crippen LogP contribution >= 0.6 is 11.3 Å². The van der Waals surface area contributed by atoms with E-state index in [0.717, 1.165) is 23.5 Å². The number of carbonyl (C=O) groups excluding carboxylic acids is 2. The van der Waals surface area contributed by atoms with Gasteiger partial charge in [-0.15, -0.1) is 21.5 Å². The Morgan fingerprint density at radius 1 is 0.978 bits per heavy atom. The monoisotopic (exact) mass is 635 g/mol. The van der Waals surface area contributed by atoms with Crippen molar-refractivity contribution in [2.45, 2.75) is 40.3 Å². The Bertz CT molecular complexity index is 1870. The molecule has 0 aliphatic rings. The number of amides is 2. The third kappa shape index (κ3) is 7.20. The maximum atomic E-state index is 13.6. The lowest BCUT2D eigenvalue weighted by Gasteiger charge is -2.19. The molecular weight excluding hydrogens is 607 g/mol. The second-order valence-electron chi connectivity index (χ2n) is 10.6. The molecule has 2 aromatic carbocycles. The molecule has 0 unspecified atom stereocenters. The van der Waals surface area contributed by atoms with Crippen molar-refractivity contribution in [2.75, 3.05) is 0 Å². The van der Waals surface area contributed by atoms with E-state index in [2.05, 4.69) is 15.5 Å². The third-order valence-electron chi connectivity index (χ3n) is 6.64. The van der Waals surface area contributed by atoms with E-state index in [9.17, 15) is 22.8 Å². The molecular formula is C32H28F3N5O4S. The summed E-state index contributed by atoms with van der Waals surface area (Å²) in [4.78, 5) is 31.7. The third-order valence-corrected chi connectivity index (χ3v) is 7.74. The Morgan fingerprint density at radius 2 is 1.73 bits per heavy atom. The number of nitrogens with two attached hydrogens (primary N) is 1. The molecule has 13 heteroatoms. The van der Waals surface area contributed by atoms with Gasteiger partial charge in [-0.1, -0.05) is 19.9 Å². The standard InChI is InChI=1S/C32H28F3N5O4S/c1-16(2)12-23-27(30(36)41)29(25-10-11-26(45-25)31(42)37-14-18-4-9-21(34)22(35)13-18)28(32-40-39-17(3)44-32)24(38-23)15-43-20-7-5-19(33)6-8-20/h4-11,13,16H,12,14-15H2,1-3H3,(H2,36,41)(H,37,42). The number of rotatable bonds is 11. The molecule has 9 nitrogen and oxygen atoms in total. The van der Waals surface area contributed by atoms with Crippen LogP contribution in [0, 0.1) is 30.3 Å². The van der Waals surface area contributed by atoms with E-state index in [1.807, 2.05) is 13.8 Å². The van der Waals surface area contributed by atoms with Gasteiger partial charge in [0.25, 0.3) is 11.8 Å². The first-order valence-electron chi connectivity index (χ1n) is 13.9. The molecule has 0 fully saturated rings. The summed E-state index contributed by atoms with van der Waals surface area (Å²) in [6.45, 7) is 5.40. The van der Waals surface area contributed by atoms with Gasteiger partial charge in [-0.25, -0.2) is 13.2 Å². The van der Waals surface area contributed by atoms with Crippen LogP contribution in [0.4, 0.5) is 13.2 Å². The molecule has 0 spiro atoms. The number of primary amides is 1. The lowest BCUT2D eigenvalue weighted by atomic mass is 9.92. The highest BCUT2D eigenvalue weighted by molar-refractivity contribution is 7.17. The molecule has 3 N–H and O–H groups in total. The van der Waals surface area contributed by atoms with Gasteiger partial charge in [0.05, 0.1) is 27.4 Å². The Kier molecular flexibility index (Phi) is 9.28. The summed E-state index contributed by atoms with van der Waals surface area (Å²) in [5.41, 5.74) is 7.90. The molecule has 0 atom stereocenters. The first-order valence-corrected chi connectivity index (χ1v) is 14.7. The molecule has 3 aromatic heterocycles. The second kappa shape index (κ2) is 13.3. The summed E-state index contributed by atoms with van der Waals surface area (Å²) in [6.07, 6.45) is 0.394. The number of aromatic nitrogens is 3. The molecule has 3 heterocycles. The van der Waals surface area contributed by atoms with Crippen LogP contribution in [0.5, 0.6) is 5.75 Å². The number of thiophene rings is 1. The fourth-order valence-corrected chi connectivity index (χ4v) is 5.64. The Labute approximate surface area is 260 Å². The van der Waals surface area contributed by atoms with Gasteiger partial charge >= 0.3 is 0 Å². The first-order chi connectivity index (χ1) is 21.5. The van der Waals surface area contributed by atoms with E-state index < -0.39 is 29.3 Å². The number of nitrogens with zero attached hydrogens (tertiary/aromatic N) is 3. The van der Waals surface area contributed by atoms with Crippen molar-refractivity contribution in [3.8, 4) is 27.6 Å². The molecule has 232 valence electrons. The Morgan fingerprint density at radius 3 is 2.38 bits per heavy atom. The minimum atomic E-state index is -1.02. The molecule has 5 aromatic rings. The number of pyridine rings is 1. The van der Waals surface area contributed by atoms with Crippen LogP contribution in [0.3, 0.4) is 0 Å². The van der Waals surface area contributed by atoms with Crippen molar-refractivity contribution in [3.63, 3.8) is 0 Å². The Balaban J connectivity index is 1.60. The lowest BCUT2D eigenvalue weighted by Crippen LogP contribution is -2.21. The molecule has 0 aliphatic carbocycles. The van der Waals surface area contributed by atoms with Crippen LogP contribution in [0.25, 0.3) is 21.9 Å². The van der Waals surface area contributed by atoms with Crippen LogP contribution in [-0.2, 0) is 19.6 Å². The minimum absolute atomic E-state index is 0.0407. The van der Waals surface area contributed by atoms with Crippen LogP contribution < -0.4 is 15.8 Å². The van der Waals surface area contributed by atoms with Crippen molar-refractivity contribution >= 4 is 23.2 Å². The number of aryl methyl sites for hydroxylation is 1. The normalized spacial score (nSPS) is 11.2. The van der Waals surface area contributed by atoms with Gasteiger partial charge < -0.3 is 20.2 Å². The highest BCUT2D eigenvalue weighted by Gasteiger charge is 2.29. The number of benzene rings is 2. The summed E-state index contributed by atoms with van der Waals surface area (Å²) in [5.74, 6) is -2.84. The number of ether oxygens (including phenoxy) is 1. The van der Waals surface area contributed by atoms with Crippen molar-refractivity contribution in [3.05, 3.63) is 105 Å². The summed E-state index contributed by atoms with van der Waals surface area (Å²) < 4.78 is 52.2. The molecule has 0 saturated heterocycles. The van der Waals surface area contributed by atoms with Crippen molar-refractivity contribution in [1.29, 1.82) is 0 Å². The second-order valence-corrected chi connectivity index (χ2v) is 11.6. The van der Waals surface area contributed by atoms with Gasteiger partial charge in [-0.05, 0) is 66.4 Å².